The zero-order chi connectivity index (χ0) is 101. The third kappa shape index (κ3) is 47.3. The summed E-state index contributed by atoms with van der Waals surface area (Å²) in [6.45, 7) is 46.5. The summed E-state index contributed by atoms with van der Waals surface area (Å²) in [6, 6.07) is 95.2. The van der Waals surface area contributed by atoms with E-state index in [1.807, 2.05) is 48.5 Å². The van der Waals surface area contributed by atoms with Gasteiger partial charge < -0.3 is 25.5 Å². The van der Waals surface area contributed by atoms with E-state index in [0.717, 1.165) is 126 Å². The van der Waals surface area contributed by atoms with Gasteiger partial charge in [-0.2, -0.15) is 0 Å². The molecule has 20 heteroatoms. The predicted molar refractivity (Wildman–Crippen MR) is 564 cm³/mol. The number of fused-ring (bicyclic) bond motifs is 5. The maximum Gasteiger partial charge on any atom is 0.155 e. The third-order valence-corrected chi connectivity index (χ3v) is 19.9. The van der Waals surface area contributed by atoms with Crippen molar-refractivity contribution in [2.45, 2.75) is 199 Å². The second-order valence-electron chi connectivity index (χ2n) is 35.0. The Morgan fingerprint density at radius 1 is 0.305 bits per heavy atom. The monoisotopic (exact) mass is 2780 g/mol. The number of aliphatic hydroxyl groups excluding tert-OH is 5. The number of pyridine rings is 5. The zero-order valence-electron chi connectivity index (χ0n) is 85.4. The van der Waals surface area contributed by atoms with Crippen LogP contribution in [-0.2, 0) is 144 Å². The molecule has 0 bridgehead atoms. The van der Waals surface area contributed by atoms with Crippen LogP contribution in [-0.4, -0.2) is 79.4 Å². The molecule has 0 unspecified atom stereocenters. The molecule has 0 aliphatic heterocycles. The van der Waals surface area contributed by atoms with E-state index < -0.39 is 0 Å². The van der Waals surface area contributed by atoms with E-state index in [1.165, 1.54) is 182 Å². The van der Waals surface area contributed by atoms with E-state index in [4.69, 9.17) is 45.5 Å². The van der Waals surface area contributed by atoms with Gasteiger partial charge in [-0.1, -0.05) is 244 Å². The van der Waals surface area contributed by atoms with Crippen LogP contribution in [0.2, 0.25) is 0 Å². The van der Waals surface area contributed by atoms with Crippen molar-refractivity contribution in [3.63, 3.8) is 0 Å². The molecule has 141 heavy (non-hydrogen) atoms. The Balaban J connectivity index is 0.000000807. The molecule has 0 saturated carbocycles. The first-order valence-electron chi connectivity index (χ1n) is 45.6. The molecule has 5 radical (unpaired) electrons. The summed E-state index contributed by atoms with van der Waals surface area (Å²) in [4.78, 5) is 74.0. The molecular weight excluding hydrogens is 2640 g/mol. The fourth-order valence-electron chi connectivity index (χ4n) is 14.5. The molecule has 751 valence electrons. The molecule has 0 fully saturated rings. The number of para-hydroxylation sites is 2. The molecule has 10 aromatic carbocycles. The Labute approximate surface area is 903 Å². The number of allylic oxidation sites excluding steroid dienone is 10. The number of ketones is 5. The number of hydrogen-bond donors (Lipinski definition) is 5. The Morgan fingerprint density at radius 2 is 0.638 bits per heavy atom. The van der Waals surface area contributed by atoms with Crippen molar-refractivity contribution in [3.05, 3.63) is 386 Å². The molecule has 5 aromatic heterocycles. The van der Waals surface area contributed by atoms with E-state index in [1.54, 1.807) is 0 Å². The van der Waals surface area contributed by atoms with Gasteiger partial charge in [-0.25, -0.2) is 0 Å². The summed E-state index contributed by atoms with van der Waals surface area (Å²) in [7, 11) is 0. The molecular formula is C121H132Ir5N5O10-5. The van der Waals surface area contributed by atoms with Crippen molar-refractivity contribution in [2.75, 3.05) is 0 Å². The largest absolute Gasteiger partial charge is 0.512 e. The summed E-state index contributed by atoms with van der Waals surface area (Å²) < 4.78 is 0. The zero-order valence-corrected chi connectivity index (χ0v) is 97.4. The number of carbonyl (C=O) groups is 5. The predicted octanol–water partition coefficient (Wildman–Crippen LogP) is 30.1. The Morgan fingerprint density at radius 3 is 1.00 bits per heavy atom. The minimum Gasteiger partial charge on any atom is -0.512 e. The smallest absolute Gasteiger partial charge is 0.155 e. The van der Waals surface area contributed by atoms with Crippen molar-refractivity contribution < 1.29 is 150 Å². The number of hydrogen-bond acceptors (Lipinski definition) is 15. The van der Waals surface area contributed by atoms with Crippen molar-refractivity contribution in [1.29, 1.82) is 0 Å². The van der Waals surface area contributed by atoms with E-state index in [0.29, 0.717) is 11.8 Å². The average Bonchev–Trinajstić information content (AvgIpc) is 0.806. The van der Waals surface area contributed by atoms with Gasteiger partial charge in [0.2, 0.25) is 0 Å². The molecule has 0 aliphatic rings. The van der Waals surface area contributed by atoms with Crippen LogP contribution in [0.3, 0.4) is 0 Å². The number of aryl methyl sites for hydroxylation is 11. The van der Waals surface area contributed by atoms with Gasteiger partial charge in [-0.15, -0.1) is 174 Å². The van der Waals surface area contributed by atoms with Crippen LogP contribution in [0.25, 0.3) is 111 Å². The summed E-state index contributed by atoms with van der Waals surface area (Å²) in [5, 5.41) is 47.8. The number of benzene rings is 10. The second-order valence-corrected chi connectivity index (χ2v) is 35.0. The van der Waals surface area contributed by atoms with Crippen LogP contribution in [0.15, 0.2) is 284 Å². The van der Waals surface area contributed by atoms with Crippen LogP contribution in [0.1, 0.15) is 183 Å². The van der Waals surface area contributed by atoms with Gasteiger partial charge in [-0.05, 0) is 197 Å². The minimum atomic E-state index is -0.125. The molecule has 5 N–H and O–H groups in total. The van der Waals surface area contributed by atoms with Gasteiger partial charge in [0.25, 0.3) is 0 Å². The normalized spacial score (nSPS) is 10.8. The molecule has 15 aromatic rings. The topological polar surface area (TPSA) is 251 Å². The van der Waals surface area contributed by atoms with Crippen molar-refractivity contribution >= 4 is 83.4 Å². The Bertz CT molecular complexity index is 6530. The van der Waals surface area contributed by atoms with Crippen LogP contribution in [0, 0.1) is 111 Å². The molecule has 0 saturated heterocycles. The van der Waals surface area contributed by atoms with Gasteiger partial charge >= 0.3 is 0 Å². The first kappa shape index (κ1) is 128. The van der Waals surface area contributed by atoms with Crippen molar-refractivity contribution in [1.82, 2.24) is 24.9 Å². The SMILES string of the molecule is CC(=O)C=C(C)O.CC(=O)C=C(C)O.CC(=O)C=C(C)O.CC(=O)C=C(C)O.CC(=O)C=C(C)O.CCCc1ccc2ccc(-c3[c-]c(C)cc(C)c3)nc2c1.Cc1[c-]c(-c2ccc3c(CC(C)C)cccc3n2)cc(C)c1.Cc1[c-]c(-c2ccc3ccc(CC(C)C)cc3n2)cc(C)c1.Cc1c[c-]c(-c2ccc3ccccc3n2)c(C)c1.Cc1c[c-]c(-c2ccc3ccccc3n2)cc1C.[Ir].[Ir].[Ir].[Ir].[Ir]. The fourth-order valence-corrected chi connectivity index (χ4v) is 14.5. The van der Waals surface area contributed by atoms with Crippen LogP contribution < -0.4 is 0 Å². The van der Waals surface area contributed by atoms with Gasteiger partial charge in [0.15, 0.2) is 28.9 Å². The summed E-state index contributed by atoms with van der Waals surface area (Å²) in [6.07, 6.45) is 10.3. The summed E-state index contributed by atoms with van der Waals surface area (Å²) >= 11 is 0. The number of nitrogens with zero attached hydrogens (tertiary/aromatic N) is 5. The molecule has 0 amide bonds. The first-order valence-corrected chi connectivity index (χ1v) is 45.6. The molecule has 0 aliphatic carbocycles. The van der Waals surface area contributed by atoms with Crippen LogP contribution in [0.5, 0.6) is 0 Å². The van der Waals surface area contributed by atoms with Crippen molar-refractivity contribution in [2.24, 2.45) is 11.8 Å². The Hall–Kier alpha value is -11.5. The van der Waals surface area contributed by atoms with E-state index in [9.17, 15) is 24.0 Å². The first-order chi connectivity index (χ1) is 64.3. The standard InChI is InChI=1S/2C21H22N.C20H20N.2C17H14N.5C5H8O2.5Ir/c1-14(2)9-17-5-6-18-7-8-20(22-21(18)13-17)19-11-15(3)10-16(4)12-19;1-14(2)10-17-6-5-7-21-19(17)8-9-20(22-21)18-12-15(3)11-16(4)13-18;1-4-5-16-6-7-17-8-9-19(21-20(17)13-16)18-11-14(2)10-15(3)12-18;1-12-7-9-15(13(2)11-12)17-10-8-14-5-3-4-6-16(14)18-17;1-12-7-8-15(11-13(12)2)17-10-9-14-5-3-4-6-16(14)18-17;5*1-4(6)3-5(2)7;;;;;/h5-8,10-11,13-14H,9H2,1-4H3;5-9,11-12,14H,10H2,1-4H3;6-11,13H,4-5H2,1-3H3;3-8,10-11H,1-2H3;3-7,9-11H,1-2H3;5*3,6H,1-2H3;;;;;/q5*-1;;;;;;;;;;. The summed E-state index contributed by atoms with van der Waals surface area (Å²) in [5.41, 5.74) is 32.0. The molecule has 15 rings (SSSR count). The molecule has 0 spiro atoms. The minimum absolute atomic E-state index is 0. The van der Waals surface area contributed by atoms with E-state index >= 15 is 0 Å². The van der Waals surface area contributed by atoms with Gasteiger partial charge in [0.05, 0.1) is 56.4 Å². The molecule has 0 atom stereocenters. The van der Waals surface area contributed by atoms with Gasteiger partial charge in [0.1, 0.15) is 0 Å². The fraction of sp³-hybridized carbons (Fsp3) is 0.256. The third-order valence-electron chi connectivity index (χ3n) is 19.9. The number of aromatic nitrogens is 5. The van der Waals surface area contributed by atoms with Gasteiger partial charge in [-0.3, -0.25) is 48.9 Å². The second kappa shape index (κ2) is 64.9. The molecule has 15 nitrogen and oxygen atoms in total. The van der Waals surface area contributed by atoms with Gasteiger partial charge in [0, 0.05) is 136 Å². The van der Waals surface area contributed by atoms with Crippen LogP contribution >= 0.6 is 0 Å². The Kier molecular flexibility index (Phi) is 58.7. The van der Waals surface area contributed by atoms with E-state index in [2.05, 4.69) is 315 Å². The molecule has 5 heterocycles. The quantitative estimate of drug-likeness (QED) is 0.0343. The number of carbonyl (C=O) groups excluding carboxylic acids is 5. The number of rotatable bonds is 16. The van der Waals surface area contributed by atoms with Crippen molar-refractivity contribution in [3.8, 4) is 56.3 Å². The van der Waals surface area contributed by atoms with E-state index in [-0.39, 0.29) is 158 Å². The maximum absolute atomic E-state index is 10.0. The summed E-state index contributed by atoms with van der Waals surface area (Å²) in [5.74, 6) is 0.999. The average molecular weight is 2780 g/mol. The van der Waals surface area contributed by atoms with Crippen LogP contribution in [0.4, 0.5) is 0 Å². The number of aliphatic hydroxyl groups is 5. The maximum atomic E-state index is 10.0.